The van der Waals surface area contributed by atoms with Gasteiger partial charge >= 0.3 is 0 Å². The minimum Gasteiger partial charge on any atom is -0.0599 e. The normalized spacial score (nSPS) is 56.8. The van der Waals surface area contributed by atoms with Gasteiger partial charge in [0.1, 0.15) is 0 Å². The van der Waals surface area contributed by atoms with Crippen molar-refractivity contribution in [3.8, 4) is 0 Å². The van der Waals surface area contributed by atoms with E-state index in [0.717, 1.165) is 23.7 Å². The molecule has 0 radical (unpaired) electrons. The molecule has 172 valence electrons. The molecule has 0 spiro atoms. The number of hydrogen-bond donors (Lipinski definition) is 0. The van der Waals surface area contributed by atoms with Crippen molar-refractivity contribution in [3.63, 3.8) is 0 Å². The van der Waals surface area contributed by atoms with E-state index in [1.54, 1.807) is 0 Å². The molecular formula is C30H52. The van der Waals surface area contributed by atoms with Crippen LogP contribution >= 0.6 is 0 Å². The van der Waals surface area contributed by atoms with Crippen LogP contribution in [0.15, 0.2) is 0 Å². The lowest BCUT2D eigenvalue weighted by molar-refractivity contribution is -0.234. The molecule has 30 heavy (non-hydrogen) atoms. The molecule has 0 aromatic carbocycles. The first-order valence-corrected chi connectivity index (χ1v) is 13.8. The first-order valence-electron chi connectivity index (χ1n) is 13.8. The lowest BCUT2D eigenvalue weighted by Gasteiger charge is -2.72. The molecule has 0 heterocycles. The molecule has 0 nitrogen and oxygen atoms in total. The second-order valence-corrected chi connectivity index (χ2v) is 15.7. The molecule has 0 amide bonds. The highest BCUT2D eigenvalue weighted by atomic mass is 14.7. The van der Waals surface area contributed by atoms with E-state index in [1.165, 1.54) is 77.0 Å². The molecule has 0 saturated heterocycles. The number of hydrogen-bond acceptors (Lipinski definition) is 0. The van der Waals surface area contributed by atoms with Gasteiger partial charge in [-0.2, -0.15) is 0 Å². The van der Waals surface area contributed by atoms with Gasteiger partial charge in [0.15, 0.2) is 0 Å². The second-order valence-electron chi connectivity index (χ2n) is 15.7. The Morgan fingerprint density at radius 3 is 1.67 bits per heavy atom. The van der Waals surface area contributed by atoms with E-state index < -0.39 is 0 Å². The van der Waals surface area contributed by atoms with E-state index in [9.17, 15) is 0 Å². The zero-order chi connectivity index (χ0) is 21.8. The summed E-state index contributed by atoms with van der Waals surface area (Å²) in [5.41, 5.74) is 3.52. The van der Waals surface area contributed by atoms with Gasteiger partial charge in [0.05, 0.1) is 0 Å². The fourth-order valence-corrected chi connectivity index (χ4v) is 11.7. The molecule has 5 aliphatic rings. The monoisotopic (exact) mass is 412 g/mol. The third-order valence-electron chi connectivity index (χ3n) is 13.2. The molecule has 0 aromatic rings. The molecular weight excluding hydrogens is 360 g/mol. The van der Waals surface area contributed by atoms with E-state index in [4.69, 9.17) is 0 Å². The average Bonchev–Trinajstić information content (AvgIpc) is 2.61. The van der Waals surface area contributed by atoms with Gasteiger partial charge in [0.2, 0.25) is 0 Å². The SMILES string of the molecule is CC1(C)CC[C@]2(C)CC[C@@H]3[C@]4(C)CC[C@H]5C(C)(C)CCC[C@]5(C)[C@H]4CC[C@@]3(C)[C@@H]2C1. The van der Waals surface area contributed by atoms with Crippen LogP contribution in [-0.4, -0.2) is 0 Å². The van der Waals surface area contributed by atoms with E-state index >= 15 is 0 Å². The molecule has 5 fully saturated rings. The average molecular weight is 413 g/mol. The zero-order valence-electron chi connectivity index (χ0n) is 21.8. The molecule has 0 aliphatic heterocycles. The summed E-state index contributed by atoms with van der Waals surface area (Å²) in [4.78, 5) is 0. The summed E-state index contributed by atoms with van der Waals surface area (Å²) in [7, 11) is 0. The fourth-order valence-electron chi connectivity index (χ4n) is 11.7. The molecule has 8 atom stereocenters. The third kappa shape index (κ3) is 2.76. The maximum Gasteiger partial charge on any atom is -0.0258 e. The van der Waals surface area contributed by atoms with Crippen molar-refractivity contribution < 1.29 is 0 Å². The highest BCUT2D eigenvalue weighted by Crippen LogP contribution is 2.76. The maximum absolute atomic E-state index is 2.81. The smallest absolute Gasteiger partial charge is 0.0258 e. The van der Waals surface area contributed by atoms with E-state index in [0.29, 0.717) is 32.5 Å². The van der Waals surface area contributed by atoms with Gasteiger partial charge in [0, 0.05) is 0 Å². The minimum absolute atomic E-state index is 0.559. The summed E-state index contributed by atoms with van der Waals surface area (Å²) in [6.07, 6.45) is 18.0. The number of fused-ring (bicyclic) bond motifs is 7. The van der Waals surface area contributed by atoms with Crippen LogP contribution in [-0.2, 0) is 0 Å². The van der Waals surface area contributed by atoms with Gasteiger partial charge in [-0.05, 0) is 127 Å². The summed E-state index contributed by atoms with van der Waals surface area (Å²) in [6.45, 7) is 21.4. The van der Waals surface area contributed by atoms with Crippen LogP contribution in [0.3, 0.4) is 0 Å². The largest absolute Gasteiger partial charge is 0.0599 e. The molecule has 0 aromatic heterocycles. The standard InChI is InChI=1S/C30H52/c1-25(2)18-19-27(5)15-10-22-29(7)16-11-21-26(3,4)13-9-14-28(21,6)23(29)12-17-30(22,8)24(27)20-25/h21-24H,9-20H2,1-8H3/t21-,22+,23+,24+,27-,28-,29-,30+/m0/s1. The van der Waals surface area contributed by atoms with Crippen LogP contribution in [0.25, 0.3) is 0 Å². The third-order valence-corrected chi connectivity index (χ3v) is 13.2. The summed E-state index contributed by atoms with van der Waals surface area (Å²) in [5, 5.41) is 0. The van der Waals surface area contributed by atoms with Crippen LogP contribution in [0.5, 0.6) is 0 Å². The molecule has 0 heteroatoms. The maximum atomic E-state index is 2.81. The first kappa shape index (κ1) is 21.8. The highest BCUT2D eigenvalue weighted by molar-refractivity contribution is 5.17. The van der Waals surface area contributed by atoms with E-state index in [1.807, 2.05) is 0 Å². The summed E-state index contributed by atoms with van der Waals surface area (Å²) in [6, 6.07) is 0. The highest BCUT2D eigenvalue weighted by Gasteiger charge is 2.68. The summed E-state index contributed by atoms with van der Waals surface area (Å²) < 4.78 is 0. The molecule has 5 aliphatic carbocycles. The Hall–Kier alpha value is 0. The van der Waals surface area contributed by atoms with Gasteiger partial charge < -0.3 is 0 Å². The fraction of sp³-hybridized carbons (Fsp3) is 1.00. The second kappa shape index (κ2) is 6.32. The Kier molecular flexibility index (Phi) is 4.59. The zero-order valence-corrected chi connectivity index (χ0v) is 21.8. The molecule has 0 bridgehead atoms. The van der Waals surface area contributed by atoms with Gasteiger partial charge in [-0.25, -0.2) is 0 Å². The minimum atomic E-state index is 0.559. The topological polar surface area (TPSA) is 0 Å². The van der Waals surface area contributed by atoms with Crippen molar-refractivity contribution in [3.05, 3.63) is 0 Å². The van der Waals surface area contributed by atoms with Crippen molar-refractivity contribution in [2.24, 2.45) is 56.2 Å². The first-order chi connectivity index (χ1) is 13.8. The Bertz CT molecular complexity index is 701. The predicted octanol–water partition coefficient (Wildman–Crippen LogP) is 9.28. The molecule has 0 N–H and O–H groups in total. The van der Waals surface area contributed by atoms with Crippen molar-refractivity contribution in [1.82, 2.24) is 0 Å². The van der Waals surface area contributed by atoms with Crippen LogP contribution in [0.2, 0.25) is 0 Å². The lowest BCUT2D eigenvalue weighted by Crippen LogP contribution is -2.65. The van der Waals surface area contributed by atoms with Crippen LogP contribution < -0.4 is 0 Å². The van der Waals surface area contributed by atoms with Gasteiger partial charge in [-0.3, -0.25) is 0 Å². The molecule has 5 saturated carbocycles. The van der Waals surface area contributed by atoms with Crippen LogP contribution in [0.4, 0.5) is 0 Å². The van der Waals surface area contributed by atoms with E-state index in [2.05, 4.69) is 55.4 Å². The van der Waals surface area contributed by atoms with Crippen molar-refractivity contribution in [2.75, 3.05) is 0 Å². The Morgan fingerprint density at radius 1 is 0.467 bits per heavy atom. The predicted molar refractivity (Wildman–Crippen MR) is 129 cm³/mol. The molecule has 5 rings (SSSR count). The van der Waals surface area contributed by atoms with Crippen LogP contribution in [0.1, 0.15) is 132 Å². The van der Waals surface area contributed by atoms with Crippen molar-refractivity contribution >= 4 is 0 Å². The van der Waals surface area contributed by atoms with Crippen LogP contribution in [0, 0.1) is 56.2 Å². The Balaban J connectivity index is 1.52. The number of rotatable bonds is 0. The Labute approximate surface area is 188 Å². The quantitative estimate of drug-likeness (QED) is 0.372. The van der Waals surface area contributed by atoms with Gasteiger partial charge in [-0.15, -0.1) is 0 Å². The van der Waals surface area contributed by atoms with Crippen molar-refractivity contribution in [1.29, 1.82) is 0 Å². The van der Waals surface area contributed by atoms with E-state index in [-0.39, 0.29) is 0 Å². The lowest BCUT2D eigenvalue weighted by atomic mass is 9.32. The van der Waals surface area contributed by atoms with Crippen molar-refractivity contribution in [2.45, 2.75) is 132 Å². The summed E-state index contributed by atoms with van der Waals surface area (Å²) in [5.74, 6) is 3.86. The Morgan fingerprint density at radius 2 is 1.00 bits per heavy atom. The van der Waals surface area contributed by atoms with Gasteiger partial charge in [-0.1, -0.05) is 61.8 Å². The summed E-state index contributed by atoms with van der Waals surface area (Å²) >= 11 is 0. The van der Waals surface area contributed by atoms with Gasteiger partial charge in [0.25, 0.3) is 0 Å². The molecule has 0 unspecified atom stereocenters.